The van der Waals surface area contributed by atoms with Gasteiger partial charge in [-0.15, -0.1) is 0 Å². The van der Waals surface area contributed by atoms with Crippen molar-refractivity contribution in [3.63, 3.8) is 0 Å². The Labute approximate surface area is 235 Å². The van der Waals surface area contributed by atoms with E-state index >= 15 is 0 Å². The molecule has 1 heterocycles. The first kappa shape index (κ1) is 26.6. The van der Waals surface area contributed by atoms with E-state index < -0.39 is 17.9 Å². The molecule has 9 heteroatoms. The Bertz CT molecular complexity index is 1530. The van der Waals surface area contributed by atoms with E-state index in [1.807, 2.05) is 30.3 Å². The van der Waals surface area contributed by atoms with Crippen LogP contribution in [0.5, 0.6) is 0 Å². The van der Waals surface area contributed by atoms with Crippen LogP contribution in [0.2, 0.25) is 10.0 Å². The third-order valence-corrected chi connectivity index (χ3v) is 7.16. The zero-order chi connectivity index (χ0) is 27.4. The lowest BCUT2D eigenvalue weighted by Crippen LogP contribution is -2.47. The number of hydrogen-bond acceptors (Lipinski definition) is 5. The summed E-state index contributed by atoms with van der Waals surface area (Å²) in [5.74, 6) is -1.65. The van der Waals surface area contributed by atoms with Crippen LogP contribution in [0, 0.1) is 4.91 Å². The molecule has 7 nitrogen and oxygen atoms in total. The van der Waals surface area contributed by atoms with Crippen molar-refractivity contribution >= 4 is 40.7 Å². The van der Waals surface area contributed by atoms with Crippen LogP contribution in [0.4, 0.5) is 5.69 Å². The number of halogens is 2. The minimum atomic E-state index is -0.888. The molecular weight excluding hydrogens is 537 g/mol. The fourth-order valence-electron chi connectivity index (χ4n) is 4.87. The second kappa shape index (κ2) is 11.8. The van der Waals surface area contributed by atoms with Crippen LogP contribution in [0.1, 0.15) is 44.6 Å². The lowest BCUT2D eigenvalue weighted by Gasteiger charge is -2.42. The van der Waals surface area contributed by atoms with Crippen LogP contribution in [0.15, 0.2) is 102 Å². The van der Waals surface area contributed by atoms with E-state index in [1.54, 1.807) is 66.7 Å². The molecule has 0 fully saturated rings. The predicted molar refractivity (Wildman–Crippen MR) is 151 cm³/mol. The molecule has 4 aromatic carbocycles. The summed E-state index contributed by atoms with van der Waals surface area (Å²) in [6.07, 6.45) is 0. The molecule has 1 aliphatic rings. The summed E-state index contributed by atoms with van der Waals surface area (Å²) in [5, 5.41) is 3.70. The highest BCUT2D eigenvalue weighted by atomic mass is 35.5. The second-order valence-corrected chi connectivity index (χ2v) is 9.89. The number of rotatable bonds is 8. The maximum Gasteiger partial charge on any atom is 0.259 e. The maximum atomic E-state index is 14.0. The molecule has 0 saturated heterocycles. The standard InChI is InChI=1S/C30H23Cl2N3O4/c31-21-13-14-25(26(32)16-21)28-27(29(36)34-39-18-19-7-2-1-3-8-19)23-11-4-5-12-24(23)30(37)35(28)22-10-6-9-20(15-22)17-33-38/h1-16,27-28H,17-18H2,(H,34,36)/t27-,28+/m1/s1. The van der Waals surface area contributed by atoms with Gasteiger partial charge in [0.1, 0.15) is 6.54 Å². The Morgan fingerprint density at radius 2 is 1.62 bits per heavy atom. The Kier molecular flexibility index (Phi) is 8.02. The number of fused-ring (bicyclic) bond motifs is 1. The molecule has 0 unspecified atom stereocenters. The number of carbonyl (C=O) groups excluding carboxylic acids is 2. The lowest BCUT2D eigenvalue weighted by molar-refractivity contribution is -0.136. The largest absolute Gasteiger partial charge is 0.300 e. The van der Waals surface area contributed by atoms with Crippen LogP contribution in [0.3, 0.4) is 0 Å². The van der Waals surface area contributed by atoms with Crippen LogP contribution in [-0.4, -0.2) is 11.8 Å². The van der Waals surface area contributed by atoms with Crippen molar-refractivity contribution in [2.45, 2.75) is 25.1 Å². The van der Waals surface area contributed by atoms with E-state index in [0.29, 0.717) is 38.0 Å². The molecule has 1 N–H and O–H groups in total. The van der Waals surface area contributed by atoms with Crippen molar-refractivity contribution < 1.29 is 14.4 Å². The molecule has 0 bridgehead atoms. The molecule has 39 heavy (non-hydrogen) atoms. The zero-order valence-electron chi connectivity index (χ0n) is 20.6. The first-order chi connectivity index (χ1) is 19.0. The molecule has 2 amide bonds. The number of carbonyl (C=O) groups is 2. The molecule has 0 saturated carbocycles. The van der Waals surface area contributed by atoms with E-state index in [9.17, 15) is 14.5 Å². The highest BCUT2D eigenvalue weighted by molar-refractivity contribution is 6.35. The summed E-state index contributed by atoms with van der Waals surface area (Å²) < 4.78 is 0. The number of nitroso groups, excluding NO2 is 1. The molecule has 2 atom stereocenters. The van der Waals surface area contributed by atoms with Crippen molar-refractivity contribution in [1.82, 2.24) is 5.48 Å². The fourth-order valence-corrected chi connectivity index (χ4v) is 5.39. The van der Waals surface area contributed by atoms with Crippen molar-refractivity contribution in [3.05, 3.63) is 140 Å². The molecular formula is C30H23Cl2N3O4. The Morgan fingerprint density at radius 3 is 2.38 bits per heavy atom. The van der Waals surface area contributed by atoms with Crippen molar-refractivity contribution in [1.29, 1.82) is 0 Å². The normalized spacial score (nSPS) is 16.5. The Hall–Kier alpha value is -4.04. The van der Waals surface area contributed by atoms with Crippen LogP contribution in [0.25, 0.3) is 0 Å². The van der Waals surface area contributed by atoms with Gasteiger partial charge in [0.25, 0.3) is 11.8 Å². The molecule has 5 rings (SSSR count). The Balaban J connectivity index is 1.62. The fraction of sp³-hybridized carbons (Fsp3) is 0.133. The third kappa shape index (κ3) is 5.56. The smallest absolute Gasteiger partial charge is 0.259 e. The predicted octanol–water partition coefficient (Wildman–Crippen LogP) is 6.99. The van der Waals surface area contributed by atoms with Gasteiger partial charge >= 0.3 is 0 Å². The summed E-state index contributed by atoms with van der Waals surface area (Å²) in [4.78, 5) is 46.0. The summed E-state index contributed by atoms with van der Waals surface area (Å²) in [5.41, 5.74) is 6.05. The number of benzene rings is 4. The van der Waals surface area contributed by atoms with Gasteiger partial charge < -0.3 is 0 Å². The van der Waals surface area contributed by atoms with E-state index in [1.165, 1.54) is 4.90 Å². The van der Waals surface area contributed by atoms with Crippen molar-refractivity contribution in [3.8, 4) is 0 Å². The van der Waals surface area contributed by atoms with Gasteiger partial charge in [0.2, 0.25) is 0 Å². The van der Waals surface area contributed by atoms with Gasteiger partial charge in [0.15, 0.2) is 0 Å². The summed E-state index contributed by atoms with van der Waals surface area (Å²) in [7, 11) is 0. The second-order valence-electron chi connectivity index (χ2n) is 9.05. The first-order valence-electron chi connectivity index (χ1n) is 12.2. The van der Waals surface area contributed by atoms with Gasteiger partial charge in [-0.05, 0) is 52.6 Å². The average Bonchev–Trinajstić information content (AvgIpc) is 2.94. The number of nitrogens with zero attached hydrogens (tertiary/aromatic N) is 2. The first-order valence-corrected chi connectivity index (χ1v) is 12.9. The van der Waals surface area contributed by atoms with Gasteiger partial charge in [0.05, 0.1) is 18.6 Å². The SMILES string of the molecule is O=NCc1cccc(N2C(=O)c3ccccc3[C@@H](C(=O)NOCc3ccccc3)[C@@H]2c2ccc(Cl)cc2Cl)c1. The molecule has 196 valence electrons. The summed E-state index contributed by atoms with van der Waals surface area (Å²) in [6.45, 7) is 0.104. The van der Waals surface area contributed by atoms with Gasteiger partial charge in [-0.2, -0.15) is 4.91 Å². The third-order valence-electron chi connectivity index (χ3n) is 6.59. The van der Waals surface area contributed by atoms with Gasteiger partial charge in [-0.25, -0.2) is 5.48 Å². The quantitative estimate of drug-likeness (QED) is 0.186. The van der Waals surface area contributed by atoms with Gasteiger partial charge in [0, 0.05) is 21.3 Å². The van der Waals surface area contributed by atoms with Crippen molar-refractivity contribution in [2.75, 3.05) is 4.90 Å². The molecule has 1 aliphatic heterocycles. The molecule has 0 aromatic heterocycles. The summed E-state index contributed by atoms with van der Waals surface area (Å²) in [6, 6.07) is 27.5. The van der Waals surface area contributed by atoms with Crippen LogP contribution in [-0.2, 0) is 22.8 Å². The monoisotopic (exact) mass is 559 g/mol. The van der Waals surface area contributed by atoms with Gasteiger partial charge in [-0.1, -0.05) is 95.1 Å². The van der Waals surface area contributed by atoms with E-state index in [-0.39, 0.29) is 19.1 Å². The molecule has 0 spiro atoms. The van der Waals surface area contributed by atoms with Crippen LogP contribution < -0.4 is 10.4 Å². The van der Waals surface area contributed by atoms with E-state index in [4.69, 9.17) is 28.0 Å². The number of hydrogen-bond donors (Lipinski definition) is 1. The minimum absolute atomic E-state index is 0.0595. The molecule has 4 aromatic rings. The topological polar surface area (TPSA) is 88.1 Å². The Morgan fingerprint density at radius 1 is 0.872 bits per heavy atom. The summed E-state index contributed by atoms with van der Waals surface area (Å²) >= 11 is 12.9. The molecule has 0 radical (unpaired) electrons. The number of amides is 2. The van der Waals surface area contributed by atoms with E-state index in [2.05, 4.69) is 10.7 Å². The number of anilines is 1. The maximum absolute atomic E-state index is 14.0. The molecule has 0 aliphatic carbocycles. The van der Waals surface area contributed by atoms with E-state index in [0.717, 1.165) is 5.56 Å². The number of hydroxylamine groups is 1. The highest BCUT2D eigenvalue weighted by Gasteiger charge is 2.45. The van der Waals surface area contributed by atoms with Gasteiger partial charge in [-0.3, -0.25) is 19.3 Å². The van der Waals surface area contributed by atoms with Crippen LogP contribution >= 0.6 is 23.2 Å². The van der Waals surface area contributed by atoms with Crippen molar-refractivity contribution in [2.24, 2.45) is 5.18 Å². The average molecular weight is 560 g/mol. The number of nitrogens with one attached hydrogen (secondary N) is 1. The zero-order valence-corrected chi connectivity index (χ0v) is 22.1. The minimum Gasteiger partial charge on any atom is -0.300 e. The highest BCUT2D eigenvalue weighted by Crippen LogP contribution is 2.47. The lowest BCUT2D eigenvalue weighted by atomic mass is 9.79.